The summed E-state index contributed by atoms with van der Waals surface area (Å²) in [4.78, 5) is 5.09. The molecule has 0 radical (unpaired) electrons. The average Bonchev–Trinajstić information content (AvgIpc) is 2.80. The Balaban J connectivity index is 0.00000324. The van der Waals surface area contributed by atoms with Crippen molar-refractivity contribution in [2.75, 3.05) is 13.1 Å². The molecule has 4 nitrogen and oxygen atoms in total. The second-order valence-electron chi connectivity index (χ2n) is 5.06. The van der Waals surface area contributed by atoms with E-state index in [2.05, 4.69) is 24.2 Å². The third-order valence-electron chi connectivity index (χ3n) is 2.64. The van der Waals surface area contributed by atoms with Gasteiger partial charge in [0.1, 0.15) is 5.60 Å². The topological polar surface area (TPSA) is 70.6 Å². The van der Waals surface area contributed by atoms with Crippen molar-refractivity contribution in [1.29, 1.82) is 0 Å². The zero-order valence-electron chi connectivity index (χ0n) is 11.7. The fourth-order valence-corrected chi connectivity index (χ4v) is 2.23. The summed E-state index contributed by atoms with van der Waals surface area (Å²) in [6.07, 6.45) is 1.05. The SMILES string of the molecule is CC(C)CCNC(N)=NCC(C)(O)c1cccs1.I. The van der Waals surface area contributed by atoms with Crippen LogP contribution in [0.4, 0.5) is 0 Å². The van der Waals surface area contributed by atoms with Crippen molar-refractivity contribution in [3.05, 3.63) is 22.4 Å². The van der Waals surface area contributed by atoms with Crippen LogP contribution in [0.2, 0.25) is 0 Å². The van der Waals surface area contributed by atoms with Gasteiger partial charge in [0.2, 0.25) is 0 Å². The molecule has 6 heteroatoms. The molecule has 0 saturated heterocycles. The van der Waals surface area contributed by atoms with Gasteiger partial charge in [-0.05, 0) is 30.7 Å². The number of aliphatic hydroxyl groups is 1. The predicted octanol–water partition coefficient (Wildman–Crippen LogP) is 2.52. The summed E-state index contributed by atoms with van der Waals surface area (Å²) in [6.45, 7) is 7.17. The summed E-state index contributed by atoms with van der Waals surface area (Å²) in [6, 6.07) is 3.82. The van der Waals surface area contributed by atoms with Gasteiger partial charge in [0.25, 0.3) is 0 Å². The lowest BCUT2D eigenvalue weighted by molar-refractivity contribution is 0.0712. The third kappa shape index (κ3) is 7.12. The molecule has 0 saturated carbocycles. The van der Waals surface area contributed by atoms with Crippen LogP contribution in [0.3, 0.4) is 0 Å². The van der Waals surface area contributed by atoms with Gasteiger partial charge in [0.05, 0.1) is 6.54 Å². The van der Waals surface area contributed by atoms with Crippen molar-refractivity contribution in [3.8, 4) is 0 Å². The van der Waals surface area contributed by atoms with Gasteiger partial charge in [-0.15, -0.1) is 35.3 Å². The number of hydrogen-bond donors (Lipinski definition) is 3. The molecule has 0 aromatic carbocycles. The Morgan fingerprint density at radius 3 is 2.79 bits per heavy atom. The average molecular weight is 397 g/mol. The largest absolute Gasteiger partial charge is 0.383 e. The number of nitrogens with zero attached hydrogens (tertiary/aromatic N) is 1. The maximum atomic E-state index is 10.3. The zero-order valence-corrected chi connectivity index (χ0v) is 14.9. The summed E-state index contributed by atoms with van der Waals surface area (Å²) in [7, 11) is 0. The molecule has 0 fully saturated rings. The molecule has 0 aliphatic heterocycles. The van der Waals surface area contributed by atoms with Crippen LogP contribution >= 0.6 is 35.3 Å². The molecule has 1 rings (SSSR count). The Kier molecular flexibility index (Phi) is 8.60. The Bertz CT molecular complexity index is 377. The minimum absolute atomic E-state index is 0. The summed E-state index contributed by atoms with van der Waals surface area (Å²) in [5.41, 5.74) is 4.81. The lowest BCUT2D eigenvalue weighted by Gasteiger charge is -2.19. The van der Waals surface area contributed by atoms with E-state index in [0.717, 1.165) is 17.8 Å². The first kappa shape index (κ1) is 18.7. The van der Waals surface area contributed by atoms with Crippen LogP contribution in [0, 0.1) is 5.92 Å². The van der Waals surface area contributed by atoms with Crippen LogP contribution < -0.4 is 11.1 Å². The van der Waals surface area contributed by atoms with Gasteiger partial charge in [0.15, 0.2) is 5.96 Å². The molecule has 4 N–H and O–H groups in total. The number of rotatable bonds is 6. The van der Waals surface area contributed by atoms with Gasteiger partial charge in [-0.1, -0.05) is 19.9 Å². The van der Waals surface area contributed by atoms with Crippen molar-refractivity contribution < 1.29 is 5.11 Å². The highest BCUT2D eigenvalue weighted by Gasteiger charge is 2.23. The minimum atomic E-state index is -0.946. The van der Waals surface area contributed by atoms with Gasteiger partial charge in [0, 0.05) is 11.4 Å². The first-order chi connectivity index (χ1) is 8.42. The second kappa shape index (κ2) is 8.76. The van der Waals surface area contributed by atoms with Gasteiger partial charge in [-0.3, -0.25) is 4.99 Å². The molecule has 1 heterocycles. The number of nitrogens with one attached hydrogen (secondary N) is 1. The van der Waals surface area contributed by atoms with E-state index in [4.69, 9.17) is 5.73 Å². The fourth-order valence-electron chi connectivity index (χ4n) is 1.45. The van der Waals surface area contributed by atoms with Crippen LogP contribution in [0.1, 0.15) is 32.1 Å². The van der Waals surface area contributed by atoms with E-state index in [0.29, 0.717) is 11.9 Å². The van der Waals surface area contributed by atoms with Crippen molar-refractivity contribution in [3.63, 3.8) is 0 Å². The zero-order chi connectivity index (χ0) is 13.6. The Labute approximate surface area is 136 Å². The predicted molar refractivity (Wildman–Crippen MR) is 93.3 cm³/mol. The highest BCUT2D eigenvalue weighted by molar-refractivity contribution is 14.0. The maximum Gasteiger partial charge on any atom is 0.188 e. The lowest BCUT2D eigenvalue weighted by Crippen LogP contribution is -2.35. The van der Waals surface area contributed by atoms with Crippen molar-refractivity contribution in [2.24, 2.45) is 16.6 Å². The minimum Gasteiger partial charge on any atom is -0.383 e. The highest BCUT2D eigenvalue weighted by atomic mass is 127. The van der Waals surface area contributed by atoms with E-state index in [1.807, 2.05) is 17.5 Å². The summed E-state index contributed by atoms with van der Waals surface area (Å²) in [5, 5.41) is 15.3. The molecular formula is C13H24IN3OS. The maximum absolute atomic E-state index is 10.3. The van der Waals surface area contributed by atoms with Crippen molar-refractivity contribution >= 4 is 41.3 Å². The van der Waals surface area contributed by atoms with Gasteiger partial charge < -0.3 is 16.2 Å². The third-order valence-corrected chi connectivity index (χ3v) is 3.76. The van der Waals surface area contributed by atoms with Crippen molar-refractivity contribution in [1.82, 2.24) is 5.32 Å². The highest BCUT2D eigenvalue weighted by Crippen LogP contribution is 2.25. The molecule has 19 heavy (non-hydrogen) atoms. The number of aliphatic imine (C=N–C) groups is 1. The van der Waals surface area contributed by atoms with Crippen LogP contribution in [-0.2, 0) is 5.60 Å². The summed E-state index contributed by atoms with van der Waals surface area (Å²) in [5.74, 6) is 1.03. The quantitative estimate of drug-likeness (QED) is 0.393. The molecule has 1 unspecified atom stereocenters. The molecule has 0 bridgehead atoms. The molecule has 1 aromatic heterocycles. The number of nitrogens with two attached hydrogens (primary N) is 1. The molecule has 0 aliphatic carbocycles. The van der Waals surface area contributed by atoms with Crippen LogP contribution in [-0.4, -0.2) is 24.2 Å². The van der Waals surface area contributed by atoms with Crippen LogP contribution in [0.5, 0.6) is 0 Å². The molecule has 0 amide bonds. The van der Waals surface area contributed by atoms with E-state index in [-0.39, 0.29) is 30.5 Å². The molecule has 0 spiro atoms. The van der Waals surface area contributed by atoms with Gasteiger partial charge in [-0.25, -0.2) is 0 Å². The Hall–Kier alpha value is -0.340. The number of halogens is 1. The molecule has 0 aliphatic rings. The van der Waals surface area contributed by atoms with Crippen LogP contribution in [0.25, 0.3) is 0 Å². The summed E-state index contributed by atoms with van der Waals surface area (Å²) < 4.78 is 0. The molecule has 1 atom stereocenters. The van der Waals surface area contributed by atoms with E-state index < -0.39 is 5.60 Å². The van der Waals surface area contributed by atoms with E-state index in [9.17, 15) is 5.11 Å². The molecule has 110 valence electrons. The number of thiophene rings is 1. The summed E-state index contributed by atoms with van der Waals surface area (Å²) >= 11 is 1.52. The van der Waals surface area contributed by atoms with Crippen molar-refractivity contribution in [2.45, 2.75) is 32.8 Å². The van der Waals surface area contributed by atoms with Crippen LogP contribution in [0.15, 0.2) is 22.5 Å². The first-order valence-corrected chi connectivity index (χ1v) is 7.10. The second-order valence-corrected chi connectivity index (χ2v) is 6.01. The fraction of sp³-hybridized carbons (Fsp3) is 0.615. The standard InChI is InChI=1S/C13H23N3OS.HI/c1-10(2)6-7-15-12(14)16-9-13(3,17)11-5-4-8-18-11;/h4-5,8,10,17H,6-7,9H2,1-3H3,(H3,14,15,16);1H. The van der Waals surface area contributed by atoms with Gasteiger partial charge >= 0.3 is 0 Å². The monoisotopic (exact) mass is 397 g/mol. The van der Waals surface area contributed by atoms with E-state index in [1.165, 1.54) is 11.3 Å². The van der Waals surface area contributed by atoms with E-state index in [1.54, 1.807) is 6.92 Å². The normalized spacial score (nSPS) is 14.9. The van der Waals surface area contributed by atoms with E-state index >= 15 is 0 Å². The Morgan fingerprint density at radius 2 is 2.26 bits per heavy atom. The molecule has 1 aromatic rings. The number of guanidine groups is 1. The van der Waals surface area contributed by atoms with Gasteiger partial charge in [-0.2, -0.15) is 0 Å². The lowest BCUT2D eigenvalue weighted by atomic mass is 10.1. The Morgan fingerprint density at radius 1 is 1.58 bits per heavy atom. The smallest absolute Gasteiger partial charge is 0.188 e. The molecular weight excluding hydrogens is 373 g/mol. The first-order valence-electron chi connectivity index (χ1n) is 6.22. The number of hydrogen-bond acceptors (Lipinski definition) is 3.